The number of rotatable bonds is 9. The van der Waals surface area contributed by atoms with Gasteiger partial charge in [-0.2, -0.15) is 0 Å². The highest BCUT2D eigenvalue weighted by atomic mass is 16.5. The molecule has 224 valence electrons. The van der Waals surface area contributed by atoms with Gasteiger partial charge in [-0.05, 0) is 112 Å². The van der Waals surface area contributed by atoms with Crippen molar-refractivity contribution < 1.29 is 28.6 Å². The van der Waals surface area contributed by atoms with Gasteiger partial charge in [0, 0.05) is 25.3 Å². The lowest BCUT2D eigenvalue weighted by Crippen LogP contribution is -2.59. The van der Waals surface area contributed by atoms with Crippen LogP contribution < -0.4 is 0 Å². The summed E-state index contributed by atoms with van der Waals surface area (Å²) in [4.78, 5) is 35.6. The highest BCUT2D eigenvalue weighted by Crippen LogP contribution is 2.69. The van der Waals surface area contributed by atoms with Crippen molar-refractivity contribution in [1.29, 1.82) is 0 Å². The quantitative estimate of drug-likeness (QED) is 0.129. The van der Waals surface area contributed by atoms with Crippen LogP contribution >= 0.6 is 0 Å². The molecule has 4 aliphatic rings. The second-order valence-electron chi connectivity index (χ2n) is 13.6. The lowest BCUT2D eigenvalue weighted by molar-refractivity contribution is -0.197. The third-order valence-electron chi connectivity index (χ3n) is 11.6. The highest BCUT2D eigenvalue weighted by Gasteiger charge is 2.65. The lowest BCUT2D eigenvalue weighted by Gasteiger charge is -2.62. The molecule has 0 amide bonds. The minimum Gasteiger partial charge on any atom is -0.463 e. The van der Waals surface area contributed by atoms with Crippen molar-refractivity contribution in [2.24, 2.45) is 46.3 Å². The summed E-state index contributed by atoms with van der Waals surface area (Å²) < 4.78 is 16.8. The minimum absolute atomic E-state index is 0.00206. The number of fused-ring (bicyclic) bond motifs is 5. The van der Waals surface area contributed by atoms with E-state index < -0.39 is 0 Å². The second-order valence-corrected chi connectivity index (χ2v) is 13.6. The van der Waals surface area contributed by atoms with Crippen molar-refractivity contribution in [3.8, 4) is 0 Å². The fourth-order valence-corrected chi connectivity index (χ4v) is 9.89. The Morgan fingerprint density at radius 3 is 2.38 bits per heavy atom. The first-order valence-corrected chi connectivity index (χ1v) is 15.8. The van der Waals surface area contributed by atoms with Crippen LogP contribution in [0.25, 0.3) is 0 Å². The maximum atomic E-state index is 12.4. The summed E-state index contributed by atoms with van der Waals surface area (Å²) in [6.07, 6.45) is 18.2. The van der Waals surface area contributed by atoms with Crippen molar-refractivity contribution >= 4 is 17.9 Å². The van der Waals surface area contributed by atoms with Gasteiger partial charge in [0.2, 0.25) is 0 Å². The van der Waals surface area contributed by atoms with Crippen LogP contribution in [0.4, 0.5) is 0 Å². The zero-order chi connectivity index (χ0) is 29.1. The zero-order valence-corrected chi connectivity index (χ0v) is 25.7. The number of hydrogen-bond acceptors (Lipinski definition) is 6. The van der Waals surface area contributed by atoms with E-state index in [0.717, 1.165) is 38.5 Å². The first-order chi connectivity index (χ1) is 19.0. The van der Waals surface area contributed by atoms with Gasteiger partial charge in [0.25, 0.3) is 0 Å². The standard InChI is InChI=1S/C34H52O6/c1-7-38-32(37)13-11-9-8-10-12-22(2)28-16-17-29-27-15-14-25-20-26(39-23(3)35)18-19-33(25,5)30(27)21-31(34(28,29)6)40-24(4)36/h8-9,11,13,22,25-31H,7,10,12,14-21H2,1-6H3/t22?,25-,26-,27?,28-,29+,30?,31+,33+,34-/m1/s1. The van der Waals surface area contributed by atoms with Gasteiger partial charge in [0.05, 0.1) is 6.61 Å². The first kappa shape index (κ1) is 30.8. The van der Waals surface area contributed by atoms with E-state index in [9.17, 15) is 14.4 Å². The molecule has 0 aromatic heterocycles. The van der Waals surface area contributed by atoms with Crippen LogP contribution in [0.5, 0.6) is 0 Å². The summed E-state index contributed by atoms with van der Waals surface area (Å²) in [6, 6.07) is 0. The summed E-state index contributed by atoms with van der Waals surface area (Å²) in [5.41, 5.74) is 0.211. The van der Waals surface area contributed by atoms with Gasteiger partial charge in [-0.25, -0.2) is 4.79 Å². The summed E-state index contributed by atoms with van der Waals surface area (Å²) in [5.74, 6) is 2.78. The molecule has 0 bridgehead atoms. The largest absolute Gasteiger partial charge is 0.463 e. The van der Waals surface area contributed by atoms with Crippen LogP contribution in [-0.4, -0.2) is 36.7 Å². The van der Waals surface area contributed by atoms with Gasteiger partial charge < -0.3 is 14.2 Å². The fourth-order valence-electron chi connectivity index (χ4n) is 9.89. The number of esters is 3. The van der Waals surface area contributed by atoms with Crippen LogP contribution in [0.2, 0.25) is 0 Å². The van der Waals surface area contributed by atoms with E-state index in [2.05, 4.69) is 26.8 Å². The van der Waals surface area contributed by atoms with Crippen LogP contribution in [0.15, 0.2) is 24.3 Å². The van der Waals surface area contributed by atoms with Gasteiger partial charge in [-0.3, -0.25) is 9.59 Å². The Balaban J connectivity index is 1.47. The third-order valence-corrected chi connectivity index (χ3v) is 11.6. The molecule has 40 heavy (non-hydrogen) atoms. The number of hydrogen-bond donors (Lipinski definition) is 0. The predicted molar refractivity (Wildman–Crippen MR) is 155 cm³/mol. The summed E-state index contributed by atoms with van der Waals surface area (Å²) in [6.45, 7) is 12.6. The molecule has 0 N–H and O–H groups in total. The molecule has 0 aliphatic heterocycles. The van der Waals surface area contributed by atoms with Crippen molar-refractivity contribution in [3.05, 3.63) is 24.3 Å². The number of carbonyl (C=O) groups excluding carboxylic acids is 3. The molecule has 4 fully saturated rings. The van der Waals surface area contributed by atoms with Gasteiger partial charge in [-0.1, -0.05) is 39.0 Å². The molecule has 4 aliphatic carbocycles. The Morgan fingerprint density at radius 1 is 0.925 bits per heavy atom. The monoisotopic (exact) mass is 556 g/mol. The molecule has 0 aromatic rings. The van der Waals surface area contributed by atoms with Crippen molar-refractivity contribution in [3.63, 3.8) is 0 Å². The normalized spacial score (nSPS) is 39.7. The summed E-state index contributed by atoms with van der Waals surface area (Å²) in [5, 5.41) is 0. The van der Waals surface area contributed by atoms with Crippen molar-refractivity contribution in [2.45, 2.75) is 118 Å². The van der Waals surface area contributed by atoms with E-state index in [0.29, 0.717) is 42.1 Å². The summed E-state index contributed by atoms with van der Waals surface area (Å²) in [7, 11) is 0. The molecule has 0 saturated heterocycles. The number of carbonyl (C=O) groups is 3. The topological polar surface area (TPSA) is 78.9 Å². The van der Waals surface area contributed by atoms with E-state index in [1.54, 1.807) is 19.9 Å². The third kappa shape index (κ3) is 6.21. The zero-order valence-electron chi connectivity index (χ0n) is 25.7. The van der Waals surface area contributed by atoms with E-state index in [1.165, 1.54) is 38.7 Å². The van der Waals surface area contributed by atoms with E-state index in [4.69, 9.17) is 14.2 Å². The van der Waals surface area contributed by atoms with Gasteiger partial charge >= 0.3 is 17.9 Å². The van der Waals surface area contributed by atoms with Crippen molar-refractivity contribution in [2.75, 3.05) is 6.61 Å². The molecule has 0 spiro atoms. The SMILES string of the molecule is CCOC(=O)C=CC=CCCC(C)[C@H]1CC[C@H]2C3CC[C@@H]4C[C@H](OC(C)=O)CC[C@]4(C)C3C[C@H](OC(C)=O)[C@]12C. The molecule has 0 heterocycles. The maximum Gasteiger partial charge on any atom is 0.330 e. The summed E-state index contributed by atoms with van der Waals surface area (Å²) >= 11 is 0. The molecule has 0 aromatic carbocycles. The van der Waals surface area contributed by atoms with E-state index in [-0.39, 0.29) is 40.9 Å². The molecule has 4 saturated carbocycles. The lowest BCUT2D eigenvalue weighted by atomic mass is 9.43. The number of ether oxygens (including phenoxy) is 3. The predicted octanol–water partition coefficient (Wildman–Crippen LogP) is 7.21. The number of allylic oxidation sites excluding steroid dienone is 3. The van der Waals surface area contributed by atoms with Crippen molar-refractivity contribution in [1.82, 2.24) is 0 Å². The Bertz CT molecular complexity index is 985. The Morgan fingerprint density at radius 2 is 1.68 bits per heavy atom. The van der Waals surface area contributed by atoms with E-state index in [1.807, 2.05) is 6.08 Å². The molecule has 3 unspecified atom stereocenters. The van der Waals surface area contributed by atoms with Gasteiger partial charge in [0.1, 0.15) is 12.2 Å². The van der Waals surface area contributed by atoms with Crippen LogP contribution in [0.3, 0.4) is 0 Å². The molecule has 0 radical (unpaired) electrons. The average Bonchev–Trinajstić information content (AvgIpc) is 3.25. The first-order valence-electron chi connectivity index (χ1n) is 15.8. The Hall–Kier alpha value is -2.11. The fraction of sp³-hybridized carbons (Fsp3) is 0.794. The van der Waals surface area contributed by atoms with Gasteiger partial charge in [0.15, 0.2) is 0 Å². The Labute approximate surface area is 241 Å². The molecular weight excluding hydrogens is 504 g/mol. The van der Waals surface area contributed by atoms with E-state index >= 15 is 0 Å². The highest BCUT2D eigenvalue weighted by molar-refractivity contribution is 5.82. The average molecular weight is 557 g/mol. The van der Waals surface area contributed by atoms with Gasteiger partial charge in [-0.15, -0.1) is 0 Å². The molecular formula is C34H52O6. The smallest absolute Gasteiger partial charge is 0.330 e. The van der Waals surface area contributed by atoms with Crippen LogP contribution in [0, 0.1) is 46.3 Å². The Kier molecular flexibility index (Phi) is 9.88. The molecule has 6 heteroatoms. The molecule has 4 rings (SSSR count). The minimum atomic E-state index is -0.308. The van der Waals surface area contributed by atoms with Crippen LogP contribution in [-0.2, 0) is 28.6 Å². The molecule has 6 nitrogen and oxygen atoms in total. The second kappa shape index (κ2) is 12.8. The molecule has 10 atom stereocenters. The van der Waals surface area contributed by atoms with Crippen LogP contribution in [0.1, 0.15) is 106 Å². The maximum absolute atomic E-state index is 12.4.